The molecule has 0 aromatic rings. The monoisotopic (exact) mass is 391 g/mol. The summed E-state index contributed by atoms with van der Waals surface area (Å²) < 4.78 is 10.0. The van der Waals surface area contributed by atoms with E-state index in [4.69, 9.17) is 15.0 Å². The predicted octanol–water partition coefficient (Wildman–Crippen LogP) is 0.841. The zero-order chi connectivity index (χ0) is 17.2. The molecule has 0 aliphatic carbocycles. The first-order valence-electron chi connectivity index (χ1n) is 7.11. The molecule has 3 amide bonds. The Morgan fingerprint density at radius 1 is 1.65 bits per heavy atom. The van der Waals surface area contributed by atoms with Gasteiger partial charge >= 0.3 is 6.03 Å². The van der Waals surface area contributed by atoms with Gasteiger partial charge in [-0.3, -0.25) is 15.0 Å². The van der Waals surface area contributed by atoms with E-state index in [0.717, 1.165) is 0 Å². The summed E-state index contributed by atoms with van der Waals surface area (Å²) in [7, 11) is 0. The lowest BCUT2D eigenvalue weighted by atomic mass is 10.0. The first kappa shape index (κ1) is 18.0. The van der Waals surface area contributed by atoms with Crippen LogP contribution in [-0.2, 0) is 14.3 Å². The van der Waals surface area contributed by atoms with Crippen LogP contribution in [-0.4, -0.2) is 64.1 Å². The van der Waals surface area contributed by atoms with E-state index in [1.807, 2.05) is 0 Å². The van der Waals surface area contributed by atoms with Gasteiger partial charge in [0.15, 0.2) is 6.23 Å². The third kappa shape index (κ3) is 3.29. The number of imide groups is 1. The Kier molecular flexibility index (Phi) is 5.48. The van der Waals surface area contributed by atoms with Crippen LogP contribution >= 0.6 is 15.9 Å². The Morgan fingerprint density at radius 2 is 2.35 bits per heavy atom. The van der Waals surface area contributed by atoms with E-state index >= 15 is 0 Å². The third-order valence-electron chi connectivity index (χ3n) is 3.83. The van der Waals surface area contributed by atoms with Crippen LogP contribution in [0.4, 0.5) is 4.79 Å². The molecule has 0 saturated carbocycles. The van der Waals surface area contributed by atoms with Crippen molar-refractivity contribution in [2.45, 2.75) is 49.2 Å². The van der Waals surface area contributed by atoms with Crippen LogP contribution < -0.4 is 5.32 Å². The van der Waals surface area contributed by atoms with Crippen LogP contribution in [0.1, 0.15) is 20.3 Å². The molecule has 0 aromatic heterocycles. The fourth-order valence-electron chi connectivity index (χ4n) is 2.68. The van der Waals surface area contributed by atoms with Crippen LogP contribution in [0.25, 0.3) is 10.4 Å². The molecule has 128 valence electrons. The van der Waals surface area contributed by atoms with Gasteiger partial charge in [-0.05, 0) is 19.4 Å². The lowest BCUT2D eigenvalue weighted by molar-refractivity contribution is -0.158. The van der Waals surface area contributed by atoms with Gasteiger partial charge in [-0.2, -0.15) is 0 Å². The Hall–Kier alpha value is -1.39. The minimum absolute atomic E-state index is 0.198. The number of urea groups is 1. The predicted molar refractivity (Wildman–Crippen MR) is 81.4 cm³/mol. The van der Waals surface area contributed by atoms with Crippen molar-refractivity contribution in [3.05, 3.63) is 10.4 Å². The maximum atomic E-state index is 12.3. The van der Waals surface area contributed by atoms with Crippen molar-refractivity contribution in [3.63, 3.8) is 0 Å². The molecule has 0 spiro atoms. The number of aliphatic hydroxyl groups excluding tert-OH is 1. The topological polar surface area (TPSA) is 137 Å². The van der Waals surface area contributed by atoms with Crippen molar-refractivity contribution in [1.29, 1.82) is 0 Å². The Bertz CT molecular complexity index is 538. The highest BCUT2D eigenvalue weighted by Crippen LogP contribution is 2.36. The maximum absolute atomic E-state index is 12.3. The zero-order valence-corrected chi connectivity index (χ0v) is 14.3. The summed E-state index contributed by atoms with van der Waals surface area (Å²) >= 11 is 3.30. The first-order valence-corrected chi connectivity index (χ1v) is 7.90. The summed E-state index contributed by atoms with van der Waals surface area (Å²) in [4.78, 5) is 28.3. The number of nitrogens with zero attached hydrogens (tertiary/aromatic N) is 4. The number of hydrogen-bond acceptors (Lipinski definition) is 6. The number of hydrogen-bond donors (Lipinski definition) is 2. The van der Waals surface area contributed by atoms with Gasteiger partial charge in [0.05, 0.1) is 18.8 Å². The number of nitrogens with one attached hydrogen (secondary N) is 1. The number of ether oxygens (including phenoxy) is 2. The van der Waals surface area contributed by atoms with Gasteiger partial charge in [0, 0.05) is 17.9 Å². The van der Waals surface area contributed by atoms with Gasteiger partial charge in [0.25, 0.3) is 0 Å². The summed E-state index contributed by atoms with van der Waals surface area (Å²) in [6.45, 7) is 3.26. The van der Waals surface area contributed by atoms with E-state index in [1.165, 1.54) is 4.90 Å². The highest BCUT2D eigenvalue weighted by atomic mass is 79.9. The van der Waals surface area contributed by atoms with Crippen molar-refractivity contribution in [1.82, 2.24) is 10.2 Å². The molecule has 23 heavy (non-hydrogen) atoms. The number of aliphatic hydroxyl groups is 1. The van der Waals surface area contributed by atoms with E-state index in [0.29, 0.717) is 0 Å². The van der Waals surface area contributed by atoms with Crippen LogP contribution in [0.3, 0.4) is 0 Å². The molecule has 0 radical (unpaired) electrons. The fourth-order valence-corrected chi connectivity index (χ4v) is 3.13. The number of amides is 3. The molecule has 2 aliphatic rings. The van der Waals surface area contributed by atoms with Crippen molar-refractivity contribution >= 4 is 27.9 Å². The molecule has 2 saturated heterocycles. The molecule has 2 unspecified atom stereocenters. The highest BCUT2D eigenvalue weighted by molar-refractivity contribution is 9.10. The molecule has 10 nitrogen and oxygen atoms in total. The first-order chi connectivity index (χ1) is 10.9. The minimum Gasteiger partial charge on any atom is -0.394 e. The van der Waals surface area contributed by atoms with Crippen molar-refractivity contribution < 1.29 is 24.2 Å². The van der Waals surface area contributed by atoms with E-state index in [2.05, 4.69) is 31.3 Å². The lowest BCUT2D eigenvalue weighted by Crippen LogP contribution is -2.69. The summed E-state index contributed by atoms with van der Waals surface area (Å²) in [5, 5.41) is 15.2. The molecule has 2 N–H and O–H groups in total. The molecule has 2 rings (SSSR count). The highest BCUT2D eigenvalue weighted by Gasteiger charge is 2.54. The van der Waals surface area contributed by atoms with Gasteiger partial charge in [-0.25, -0.2) is 4.79 Å². The van der Waals surface area contributed by atoms with Crippen molar-refractivity contribution in [2.75, 3.05) is 13.2 Å². The number of azide groups is 1. The number of halogens is 1. The van der Waals surface area contributed by atoms with Crippen LogP contribution in [0.15, 0.2) is 5.11 Å². The number of carbonyl (C=O) groups excluding carboxylic acids is 2. The summed E-state index contributed by atoms with van der Waals surface area (Å²) in [6, 6.07) is -1.27. The van der Waals surface area contributed by atoms with Gasteiger partial charge < -0.3 is 14.6 Å². The molecule has 2 aliphatic heterocycles. The summed E-state index contributed by atoms with van der Waals surface area (Å²) in [5.74, 6) is -0.513. The summed E-state index contributed by atoms with van der Waals surface area (Å²) in [6.07, 6.45) is -2.21. The van der Waals surface area contributed by atoms with E-state index in [9.17, 15) is 14.7 Å². The third-order valence-corrected chi connectivity index (χ3v) is 4.59. The molecular formula is C12H18BrN5O5. The second-order valence-electron chi connectivity index (χ2n) is 5.37. The minimum atomic E-state index is -1.16. The second kappa shape index (κ2) is 7.02. The molecule has 2 fully saturated rings. The van der Waals surface area contributed by atoms with Gasteiger partial charge in [0.1, 0.15) is 10.6 Å². The van der Waals surface area contributed by atoms with Gasteiger partial charge in [-0.15, -0.1) is 0 Å². The second-order valence-corrected chi connectivity index (χ2v) is 7.02. The van der Waals surface area contributed by atoms with E-state index in [1.54, 1.807) is 13.8 Å². The van der Waals surface area contributed by atoms with E-state index < -0.39 is 40.9 Å². The largest absolute Gasteiger partial charge is 0.394 e. The van der Waals surface area contributed by atoms with E-state index in [-0.39, 0.29) is 19.6 Å². The molecule has 0 bridgehead atoms. The molecular weight excluding hydrogens is 374 g/mol. The van der Waals surface area contributed by atoms with Crippen molar-refractivity contribution in [2.24, 2.45) is 5.11 Å². The lowest BCUT2D eigenvalue weighted by Gasteiger charge is -2.45. The fraction of sp³-hybridized carbons (Fsp3) is 0.833. The average molecular weight is 392 g/mol. The normalized spacial score (nSPS) is 37.5. The Labute approximate surface area is 140 Å². The maximum Gasteiger partial charge on any atom is 0.328 e. The molecule has 2 heterocycles. The Morgan fingerprint density at radius 3 is 2.91 bits per heavy atom. The smallest absolute Gasteiger partial charge is 0.328 e. The quantitative estimate of drug-likeness (QED) is 0.309. The zero-order valence-electron chi connectivity index (χ0n) is 12.7. The molecule has 11 heteroatoms. The average Bonchev–Trinajstić information content (AvgIpc) is 2.88. The van der Waals surface area contributed by atoms with Crippen LogP contribution in [0.2, 0.25) is 0 Å². The number of rotatable bonds is 5. The standard InChI is InChI=1S/C12H18BrN5O5/c1-3-22-10-12(2,13)9(20)15-11(21)18(10)8-4-6(16-17-14)7(5-19)23-8/h6-8,10,19H,3-5H2,1-2H3,(H,15,20,21)/t6-,7+,8+,10?,12?/m0/s1. The molecule has 5 atom stereocenters. The van der Waals surface area contributed by atoms with Crippen LogP contribution in [0.5, 0.6) is 0 Å². The number of alkyl halides is 1. The van der Waals surface area contributed by atoms with Crippen LogP contribution in [0, 0.1) is 0 Å². The van der Waals surface area contributed by atoms with Gasteiger partial charge in [-0.1, -0.05) is 21.0 Å². The van der Waals surface area contributed by atoms with Crippen molar-refractivity contribution in [3.8, 4) is 0 Å². The summed E-state index contributed by atoms with van der Waals surface area (Å²) in [5.41, 5.74) is 8.59. The Balaban J connectivity index is 2.29. The SMILES string of the molecule is CCOC1N([C@H]2C[C@H](N=[N+]=[N-])[C@@H](CO)O2)C(=O)NC(=O)C1(C)Br. The molecule has 0 aromatic carbocycles. The van der Waals surface area contributed by atoms with Gasteiger partial charge in [0.2, 0.25) is 5.91 Å². The number of carbonyl (C=O) groups is 2.